The Hall–Kier alpha value is -2.50. The third-order valence-corrected chi connectivity index (χ3v) is 4.83. The molecule has 1 heterocycles. The van der Waals surface area contributed by atoms with Crippen molar-refractivity contribution in [1.82, 2.24) is 0 Å². The second-order valence-electron chi connectivity index (χ2n) is 6.06. The van der Waals surface area contributed by atoms with E-state index in [0.29, 0.717) is 11.4 Å². The number of fused-ring (bicyclic) bond motifs is 5. The maximum atomic E-state index is 9.24. The van der Waals surface area contributed by atoms with Crippen molar-refractivity contribution in [2.24, 2.45) is 0 Å². The van der Waals surface area contributed by atoms with E-state index < -0.39 is 0 Å². The predicted octanol–water partition coefficient (Wildman–Crippen LogP) is 5.61. The zero-order valence-corrected chi connectivity index (χ0v) is 14.1. The molecule has 1 aliphatic heterocycles. The molecule has 24 heavy (non-hydrogen) atoms. The summed E-state index contributed by atoms with van der Waals surface area (Å²) in [6.45, 7) is 2.08. The van der Waals surface area contributed by atoms with Crippen molar-refractivity contribution in [3.63, 3.8) is 0 Å². The van der Waals surface area contributed by atoms with Gasteiger partial charge in [-0.3, -0.25) is 0 Å². The molecule has 3 aromatic carbocycles. The molecule has 0 aromatic heterocycles. The van der Waals surface area contributed by atoms with E-state index in [1.807, 2.05) is 12.1 Å². The van der Waals surface area contributed by atoms with E-state index in [4.69, 9.17) is 16.3 Å². The molecule has 0 spiro atoms. The van der Waals surface area contributed by atoms with Crippen LogP contribution in [0.25, 0.3) is 21.9 Å². The van der Waals surface area contributed by atoms with Gasteiger partial charge in [-0.25, -0.2) is 0 Å². The van der Waals surface area contributed by atoms with Gasteiger partial charge in [0.2, 0.25) is 0 Å². The first-order chi connectivity index (χ1) is 11.7. The van der Waals surface area contributed by atoms with Gasteiger partial charge in [0.05, 0.1) is 11.6 Å². The lowest BCUT2D eigenvalue weighted by Gasteiger charge is -2.29. The normalized spacial score (nSPS) is 15.3. The molecular formula is C21H16ClNO. The molecule has 2 nitrogen and oxygen atoms in total. The van der Waals surface area contributed by atoms with Gasteiger partial charge in [-0.05, 0) is 59.5 Å². The van der Waals surface area contributed by atoms with Gasteiger partial charge in [0.25, 0.3) is 0 Å². The summed E-state index contributed by atoms with van der Waals surface area (Å²) < 4.78 is 6.13. The molecule has 0 bridgehead atoms. The van der Waals surface area contributed by atoms with Crippen LogP contribution in [0.3, 0.4) is 0 Å². The van der Waals surface area contributed by atoms with Crippen LogP contribution < -0.4 is 4.74 Å². The van der Waals surface area contributed by atoms with Gasteiger partial charge in [-0.2, -0.15) is 5.26 Å². The van der Waals surface area contributed by atoms with Gasteiger partial charge in [0.1, 0.15) is 11.9 Å². The van der Waals surface area contributed by atoms with Crippen LogP contribution in [0.2, 0.25) is 0 Å². The Balaban J connectivity index is 2.09. The Morgan fingerprint density at radius 3 is 2.62 bits per heavy atom. The van der Waals surface area contributed by atoms with Crippen LogP contribution >= 0.6 is 11.6 Å². The van der Waals surface area contributed by atoms with Crippen molar-refractivity contribution in [1.29, 1.82) is 5.26 Å². The number of hydrogen-bond donors (Lipinski definition) is 0. The van der Waals surface area contributed by atoms with Crippen LogP contribution in [0, 0.1) is 11.3 Å². The maximum absolute atomic E-state index is 9.24. The van der Waals surface area contributed by atoms with Crippen molar-refractivity contribution in [2.45, 2.75) is 19.4 Å². The number of alkyl halides is 1. The van der Waals surface area contributed by atoms with Crippen molar-refractivity contribution in [2.75, 3.05) is 5.88 Å². The molecule has 1 unspecified atom stereocenters. The first-order valence-corrected chi connectivity index (χ1v) is 8.58. The zero-order chi connectivity index (χ0) is 16.7. The molecule has 0 fully saturated rings. The van der Waals surface area contributed by atoms with E-state index in [1.165, 1.54) is 21.9 Å². The molecule has 3 aromatic rings. The first kappa shape index (κ1) is 15.1. The second-order valence-corrected chi connectivity index (χ2v) is 6.44. The van der Waals surface area contributed by atoms with Gasteiger partial charge in [0.15, 0.2) is 0 Å². The van der Waals surface area contributed by atoms with Crippen molar-refractivity contribution >= 4 is 22.4 Å². The van der Waals surface area contributed by atoms with E-state index in [0.717, 1.165) is 23.3 Å². The van der Waals surface area contributed by atoms with Crippen LogP contribution in [0.15, 0.2) is 48.5 Å². The number of benzene rings is 3. The second kappa shape index (κ2) is 5.85. The topological polar surface area (TPSA) is 33.0 Å². The molecular weight excluding hydrogens is 318 g/mol. The number of rotatable bonds is 2. The van der Waals surface area contributed by atoms with Crippen LogP contribution in [0.5, 0.6) is 5.75 Å². The quantitative estimate of drug-likeness (QED) is 0.571. The lowest BCUT2D eigenvalue weighted by Crippen LogP contribution is -2.12. The summed E-state index contributed by atoms with van der Waals surface area (Å²) in [5.41, 5.74) is 5.21. The van der Waals surface area contributed by atoms with Gasteiger partial charge in [-0.15, -0.1) is 11.6 Å². The average molecular weight is 334 g/mol. The number of aryl methyl sites for hydroxylation is 1. The smallest absolute Gasteiger partial charge is 0.128 e. The minimum absolute atomic E-state index is 0.0320. The SMILES string of the molecule is CC1Oc2ccc(C#N)cc2-c2cc(CCCl)c3ccccc3c21. The monoisotopic (exact) mass is 333 g/mol. The first-order valence-electron chi connectivity index (χ1n) is 8.04. The summed E-state index contributed by atoms with van der Waals surface area (Å²) >= 11 is 6.03. The van der Waals surface area contributed by atoms with Crippen molar-refractivity contribution in [3.05, 3.63) is 65.2 Å². The number of halogens is 1. The fourth-order valence-corrected chi connectivity index (χ4v) is 3.81. The molecule has 0 N–H and O–H groups in total. The fourth-order valence-electron chi connectivity index (χ4n) is 3.60. The molecule has 1 atom stereocenters. The summed E-state index contributed by atoms with van der Waals surface area (Å²) in [4.78, 5) is 0. The molecule has 4 rings (SSSR count). The lowest BCUT2D eigenvalue weighted by molar-refractivity contribution is 0.225. The summed E-state index contributed by atoms with van der Waals surface area (Å²) in [7, 11) is 0. The highest BCUT2D eigenvalue weighted by Crippen LogP contribution is 2.46. The molecule has 0 saturated heterocycles. The highest BCUT2D eigenvalue weighted by molar-refractivity contribution is 6.18. The Morgan fingerprint density at radius 1 is 1.08 bits per heavy atom. The summed E-state index contributed by atoms with van der Waals surface area (Å²) in [6, 6.07) is 18.5. The number of hydrogen-bond acceptors (Lipinski definition) is 2. The zero-order valence-electron chi connectivity index (χ0n) is 13.3. The predicted molar refractivity (Wildman–Crippen MR) is 97.6 cm³/mol. The number of nitrogens with zero attached hydrogens (tertiary/aromatic N) is 1. The Bertz CT molecular complexity index is 987. The minimum Gasteiger partial charge on any atom is -0.485 e. The van der Waals surface area contributed by atoms with Crippen molar-refractivity contribution < 1.29 is 4.74 Å². The van der Waals surface area contributed by atoms with Crippen molar-refractivity contribution in [3.8, 4) is 22.9 Å². The number of nitriles is 1. The van der Waals surface area contributed by atoms with E-state index >= 15 is 0 Å². The largest absolute Gasteiger partial charge is 0.485 e. The standard InChI is InChI=1S/C21H16ClNO/c1-13-21-17-5-3-2-4-16(17)15(8-9-22)11-19(21)18-10-14(12-23)6-7-20(18)24-13/h2-7,10-11,13H,8-9H2,1H3. The summed E-state index contributed by atoms with van der Waals surface area (Å²) in [6.07, 6.45) is 0.785. The molecule has 0 radical (unpaired) electrons. The van der Waals surface area contributed by atoms with Crippen LogP contribution in [-0.2, 0) is 6.42 Å². The molecule has 0 saturated carbocycles. The maximum Gasteiger partial charge on any atom is 0.128 e. The summed E-state index contributed by atoms with van der Waals surface area (Å²) in [5.74, 6) is 1.42. The fraction of sp³-hybridized carbons (Fsp3) is 0.190. The third kappa shape index (κ3) is 2.25. The molecule has 0 aliphatic carbocycles. The average Bonchev–Trinajstić information content (AvgIpc) is 2.61. The van der Waals surface area contributed by atoms with E-state index in [1.54, 1.807) is 6.07 Å². The minimum atomic E-state index is -0.0320. The van der Waals surface area contributed by atoms with Gasteiger partial charge in [0, 0.05) is 17.0 Å². The third-order valence-electron chi connectivity index (χ3n) is 4.64. The summed E-state index contributed by atoms with van der Waals surface area (Å²) in [5, 5.41) is 11.7. The van der Waals surface area contributed by atoms with Crippen LogP contribution in [0.4, 0.5) is 0 Å². The Morgan fingerprint density at radius 2 is 1.88 bits per heavy atom. The van der Waals surface area contributed by atoms with Crippen LogP contribution in [0.1, 0.15) is 29.7 Å². The Kier molecular flexibility index (Phi) is 3.67. The lowest BCUT2D eigenvalue weighted by atomic mass is 9.85. The Labute approximate surface area is 146 Å². The van der Waals surface area contributed by atoms with E-state index in [-0.39, 0.29) is 6.10 Å². The van der Waals surface area contributed by atoms with E-state index in [9.17, 15) is 5.26 Å². The van der Waals surface area contributed by atoms with Gasteiger partial charge in [-0.1, -0.05) is 24.3 Å². The highest BCUT2D eigenvalue weighted by atomic mass is 35.5. The van der Waals surface area contributed by atoms with Crippen LogP contribution in [-0.4, -0.2) is 5.88 Å². The van der Waals surface area contributed by atoms with E-state index in [2.05, 4.69) is 43.3 Å². The number of ether oxygens (including phenoxy) is 1. The van der Waals surface area contributed by atoms with Gasteiger partial charge >= 0.3 is 0 Å². The molecule has 3 heteroatoms. The molecule has 0 amide bonds. The highest BCUT2D eigenvalue weighted by Gasteiger charge is 2.26. The molecule has 118 valence electrons. The molecule has 1 aliphatic rings. The van der Waals surface area contributed by atoms with Gasteiger partial charge < -0.3 is 4.74 Å².